The third-order valence-electron chi connectivity index (χ3n) is 4.15. The predicted molar refractivity (Wildman–Crippen MR) is 83.6 cm³/mol. The number of nitrogens with one attached hydrogen (secondary N) is 2. The van der Waals surface area contributed by atoms with Gasteiger partial charge in [0.15, 0.2) is 0 Å². The molecule has 2 atom stereocenters. The zero-order chi connectivity index (χ0) is 15.0. The average molecular weight is 287 g/mol. The molecule has 0 bridgehead atoms. The fraction of sp³-hybridized carbons (Fsp3) is 0.438. The first kappa shape index (κ1) is 13.9. The van der Waals surface area contributed by atoms with E-state index in [1.165, 1.54) is 0 Å². The van der Waals surface area contributed by atoms with Crippen LogP contribution in [0.2, 0.25) is 0 Å². The molecule has 1 aliphatic heterocycles. The predicted octanol–water partition coefficient (Wildman–Crippen LogP) is 3.12. The van der Waals surface area contributed by atoms with Gasteiger partial charge in [0, 0.05) is 28.8 Å². The molecule has 1 saturated heterocycles. The Hall–Kier alpha value is -2.01. The number of benzene rings is 1. The second-order valence-electron chi connectivity index (χ2n) is 5.69. The molecule has 0 unspecified atom stereocenters. The van der Waals surface area contributed by atoms with Crippen molar-refractivity contribution in [3.8, 4) is 0 Å². The van der Waals surface area contributed by atoms with Crippen LogP contribution in [-0.2, 0) is 4.74 Å². The Labute approximate surface area is 124 Å². The number of carbonyl (C=O) groups excluding carboxylic acids is 1. The maximum absolute atomic E-state index is 12.4. The van der Waals surface area contributed by atoms with E-state index in [2.05, 4.69) is 16.4 Å². The lowest BCUT2D eigenvalue weighted by Crippen LogP contribution is -2.52. The van der Waals surface area contributed by atoms with E-state index in [-0.39, 0.29) is 18.2 Å². The van der Waals surface area contributed by atoms with Crippen molar-refractivity contribution in [1.29, 1.82) is 0 Å². The maximum atomic E-state index is 12.4. The molecule has 1 fully saturated rings. The Morgan fingerprint density at radius 2 is 2.19 bits per heavy atom. The summed E-state index contributed by atoms with van der Waals surface area (Å²) in [6.45, 7) is 7.26. The zero-order valence-corrected chi connectivity index (χ0v) is 12.6. The molecule has 5 nitrogen and oxygen atoms in total. The van der Waals surface area contributed by atoms with Crippen molar-refractivity contribution in [1.82, 2.24) is 9.88 Å². The van der Waals surface area contributed by atoms with Crippen LogP contribution in [0, 0.1) is 6.92 Å². The normalized spacial score (nSPS) is 22.5. The lowest BCUT2D eigenvalue weighted by atomic mass is 10.1. The van der Waals surface area contributed by atoms with E-state index >= 15 is 0 Å². The summed E-state index contributed by atoms with van der Waals surface area (Å²) in [7, 11) is 0. The molecule has 1 aliphatic rings. The lowest BCUT2D eigenvalue weighted by Gasteiger charge is -2.37. The second-order valence-corrected chi connectivity index (χ2v) is 5.69. The van der Waals surface area contributed by atoms with Crippen LogP contribution in [0.5, 0.6) is 0 Å². The molecule has 2 amide bonds. The van der Waals surface area contributed by atoms with E-state index in [0.717, 1.165) is 22.3 Å². The van der Waals surface area contributed by atoms with Gasteiger partial charge in [0.1, 0.15) is 0 Å². The van der Waals surface area contributed by atoms with Gasteiger partial charge in [0.2, 0.25) is 0 Å². The Balaban J connectivity index is 1.76. The largest absolute Gasteiger partial charge is 0.375 e. The smallest absolute Gasteiger partial charge is 0.322 e. The Morgan fingerprint density at radius 3 is 3.00 bits per heavy atom. The number of carbonyl (C=O) groups is 1. The monoisotopic (exact) mass is 287 g/mol. The minimum atomic E-state index is -0.0655. The number of fused-ring (bicyclic) bond motifs is 1. The molecule has 0 aliphatic carbocycles. The molecular weight excluding hydrogens is 266 g/mol. The van der Waals surface area contributed by atoms with Crippen LogP contribution in [0.3, 0.4) is 0 Å². The number of hydrogen-bond acceptors (Lipinski definition) is 2. The molecule has 3 rings (SSSR count). The van der Waals surface area contributed by atoms with E-state index in [0.29, 0.717) is 13.2 Å². The van der Waals surface area contributed by atoms with Crippen molar-refractivity contribution in [2.45, 2.75) is 32.9 Å². The van der Waals surface area contributed by atoms with Crippen LogP contribution in [0.15, 0.2) is 24.3 Å². The number of ether oxygens (including phenoxy) is 1. The first-order valence-corrected chi connectivity index (χ1v) is 7.33. The first-order valence-electron chi connectivity index (χ1n) is 7.33. The summed E-state index contributed by atoms with van der Waals surface area (Å²) in [4.78, 5) is 17.5. The topological polar surface area (TPSA) is 57.4 Å². The van der Waals surface area contributed by atoms with Crippen LogP contribution in [0.25, 0.3) is 10.9 Å². The van der Waals surface area contributed by atoms with Crippen LogP contribution < -0.4 is 5.32 Å². The molecular formula is C16H21N3O2. The van der Waals surface area contributed by atoms with Crippen molar-refractivity contribution >= 4 is 22.6 Å². The molecule has 2 heterocycles. The van der Waals surface area contributed by atoms with Crippen molar-refractivity contribution in [2.24, 2.45) is 0 Å². The summed E-state index contributed by atoms with van der Waals surface area (Å²) in [5, 5.41) is 4.09. The molecule has 0 spiro atoms. The summed E-state index contributed by atoms with van der Waals surface area (Å²) < 4.78 is 5.56. The standard InChI is InChI=1S/C16H21N3O2/c1-10-8-13-9-14(4-5-15(13)17-10)18-16(20)19-6-7-21-12(3)11(19)2/h4-5,8-9,11-12,17H,6-7H2,1-3H3,(H,18,20)/t11-,12-/m1/s1. The molecule has 5 heteroatoms. The van der Waals surface area contributed by atoms with Gasteiger partial charge in [-0.2, -0.15) is 0 Å². The number of urea groups is 1. The van der Waals surface area contributed by atoms with Crippen LogP contribution >= 0.6 is 0 Å². The highest BCUT2D eigenvalue weighted by atomic mass is 16.5. The van der Waals surface area contributed by atoms with Crippen molar-refractivity contribution in [3.63, 3.8) is 0 Å². The number of amides is 2. The molecule has 112 valence electrons. The van der Waals surface area contributed by atoms with Gasteiger partial charge in [-0.1, -0.05) is 0 Å². The van der Waals surface area contributed by atoms with E-state index in [9.17, 15) is 4.79 Å². The lowest BCUT2D eigenvalue weighted by molar-refractivity contribution is -0.0355. The quantitative estimate of drug-likeness (QED) is 0.846. The minimum Gasteiger partial charge on any atom is -0.375 e. The number of hydrogen-bond donors (Lipinski definition) is 2. The van der Waals surface area contributed by atoms with E-state index in [1.807, 2.05) is 43.9 Å². The minimum absolute atomic E-state index is 0.0655. The van der Waals surface area contributed by atoms with Crippen molar-refractivity contribution < 1.29 is 9.53 Å². The van der Waals surface area contributed by atoms with Gasteiger partial charge in [0.25, 0.3) is 0 Å². The number of morpholine rings is 1. The second kappa shape index (κ2) is 5.41. The summed E-state index contributed by atoms with van der Waals surface area (Å²) in [5.74, 6) is 0. The molecule has 1 aromatic carbocycles. The fourth-order valence-corrected chi connectivity index (χ4v) is 2.77. The van der Waals surface area contributed by atoms with Gasteiger partial charge >= 0.3 is 6.03 Å². The molecule has 0 saturated carbocycles. The molecule has 1 aromatic heterocycles. The van der Waals surface area contributed by atoms with Crippen LogP contribution in [-0.4, -0.2) is 41.2 Å². The fourth-order valence-electron chi connectivity index (χ4n) is 2.77. The highest BCUT2D eigenvalue weighted by Crippen LogP contribution is 2.21. The van der Waals surface area contributed by atoms with Crippen LogP contribution in [0.1, 0.15) is 19.5 Å². The Bertz CT molecular complexity index is 665. The first-order chi connectivity index (χ1) is 10.0. The molecule has 2 aromatic rings. The highest BCUT2D eigenvalue weighted by Gasteiger charge is 2.29. The van der Waals surface area contributed by atoms with E-state index in [4.69, 9.17) is 4.74 Å². The SMILES string of the molecule is Cc1cc2cc(NC(=O)N3CCO[C@H](C)[C@H]3C)ccc2[nH]1. The maximum Gasteiger partial charge on any atom is 0.322 e. The number of aryl methyl sites for hydroxylation is 1. The summed E-state index contributed by atoms with van der Waals surface area (Å²) in [5.41, 5.74) is 3.01. The highest BCUT2D eigenvalue weighted by molar-refractivity contribution is 5.93. The van der Waals surface area contributed by atoms with Crippen molar-refractivity contribution in [2.75, 3.05) is 18.5 Å². The van der Waals surface area contributed by atoms with E-state index in [1.54, 1.807) is 0 Å². The van der Waals surface area contributed by atoms with Gasteiger partial charge in [-0.15, -0.1) is 0 Å². The zero-order valence-electron chi connectivity index (χ0n) is 12.6. The van der Waals surface area contributed by atoms with Gasteiger partial charge in [-0.25, -0.2) is 4.79 Å². The summed E-state index contributed by atoms with van der Waals surface area (Å²) in [6.07, 6.45) is 0.0688. The third kappa shape index (κ3) is 2.74. The third-order valence-corrected chi connectivity index (χ3v) is 4.15. The number of aromatic nitrogens is 1. The number of anilines is 1. The number of aromatic amines is 1. The molecule has 21 heavy (non-hydrogen) atoms. The molecule has 0 radical (unpaired) electrons. The van der Waals surface area contributed by atoms with E-state index < -0.39 is 0 Å². The molecule has 2 N–H and O–H groups in total. The van der Waals surface area contributed by atoms with Crippen molar-refractivity contribution in [3.05, 3.63) is 30.0 Å². The number of rotatable bonds is 1. The number of H-pyrrole nitrogens is 1. The summed E-state index contributed by atoms with van der Waals surface area (Å²) in [6, 6.07) is 7.99. The number of nitrogens with zero attached hydrogens (tertiary/aromatic N) is 1. The Kier molecular flexibility index (Phi) is 3.59. The van der Waals surface area contributed by atoms with Crippen LogP contribution in [0.4, 0.5) is 10.5 Å². The van der Waals surface area contributed by atoms with Gasteiger partial charge in [-0.3, -0.25) is 0 Å². The van der Waals surface area contributed by atoms with Gasteiger partial charge in [-0.05, 0) is 45.0 Å². The van der Waals surface area contributed by atoms with Gasteiger partial charge in [0.05, 0.1) is 18.8 Å². The average Bonchev–Trinajstić information content (AvgIpc) is 2.81. The summed E-state index contributed by atoms with van der Waals surface area (Å²) >= 11 is 0. The Morgan fingerprint density at radius 1 is 1.38 bits per heavy atom. The van der Waals surface area contributed by atoms with Gasteiger partial charge < -0.3 is 19.9 Å².